The summed E-state index contributed by atoms with van der Waals surface area (Å²) in [5.74, 6) is 0.898. The van der Waals surface area contributed by atoms with Gasteiger partial charge in [-0.3, -0.25) is 9.69 Å². The monoisotopic (exact) mass is 256 g/mol. The molecule has 0 aromatic heterocycles. The van der Waals surface area contributed by atoms with Gasteiger partial charge in [0.05, 0.1) is 0 Å². The number of hydrogen-bond donors (Lipinski definition) is 2. The highest BCUT2D eigenvalue weighted by atomic mass is 32.1. The summed E-state index contributed by atoms with van der Waals surface area (Å²) < 4.78 is 0. The molecule has 2 aliphatic rings. The minimum atomic E-state index is -0.654. The maximum atomic E-state index is 12.5. The molecule has 1 aliphatic carbocycles. The Morgan fingerprint density at radius 1 is 1.35 bits per heavy atom. The number of nitrogens with one attached hydrogen (secondary N) is 1. The number of imide groups is 1. The summed E-state index contributed by atoms with van der Waals surface area (Å²) in [6, 6.07) is -0.246. The third-order valence-electron chi connectivity index (χ3n) is 4.31. The van der Waals surface area contributed by atoms with Gasteiger partial charge >= 0.3 is 6.03 Å². The molecule has 2 fully saturated rings. The van der Waals surface area contributed by atoms with Crippen molar-refractivity contribution in [1.29, 1.82) is 0 Å². The Morgan fingerprint density at radius 2 is 1.94 bits per heavy atom. The molecule has 2 rings (SSSR count). The van der Waals surface area contributed by atoms with Crippen LogP contribution in [-0.2, 0) is 4.79 Å². The summed E-state index contributed by atoms with van der Waals surface area (Å²) in [6.07, 6.45) is 3.15. The quantitative estimate of drug-likeness (QED) is 0.583. The lowest BCUT2D eigenvalue weighted by molar-refractivity contribution is -0.136. The van der Waals surface area contributed by atoms with E-state index in [1.165, 1.54) is 4.90 Å². The van der Waals surface area contributed by atoms with Gasteiger partial charge in [0, 0.05) is 12.3 Å². The molecular formula is C12H20N2O2S. The molecule has 2 atom stereocenters. The lowest BCUT2D eigenvalue weighted by Gasteiger charge is -2.42. The number of nitrogens with zero attached hydrogens (tertiary/aromatic N) is 1. The fourth-order valence-electron chi connectivity index (χ4n) is 3.26. The predicted molar refractivity (Wildman–Crippen MR) is 69.0 cm³/mol. The van der Waals surface area contributed by atoms with E-state index < -0.39 is 5.54 Å². The molecule has 4 nitrogen and oxygen atoms in total. The molecule has 2 unspecified atom stereocenters. The van der Waals surface area contributed by atoms with Crippen molar-refractivity contribution in [3.8, 4) is 0 Å². The van der Waals surface area contributed by atoms with Crippen LogP contribution in [0.5, 0.6) is 0 Å². The Labute approximate surface area is 108 Å². The summed E-state index contributed by atoms with van der Waals surface area (Å²) >= 11 is 4.10. The number of rotatable bonds is 2. The number of amides is 3. The Morgan fingerprint density at radius 3 is 2.47 bits per heavy atom. The molecule has 5 heteroatoms. The SMILES string of the molecule is CC1CCCC(C)C12NC(=O)N(CCS)C2=O. The molecule has 0 aromatic rings. The van der Waals surface area contributed by atoms with Crippen molar-refractivity contribution in [2.45, 2.75) is 38.6 Å². The zero-order chi connectivity index (χ0) is 12.6. The molecule has 1 aliphatic heterocycles. The van der Waals surface area contributed by atoms with E-state index in [0.29, 0.717) is 12.3 Å². The van der Waals surface area contributed by atoms with Gasteiger partial charge in [-0.15, -0.1) is 0 Å². The fourth-order valence-corrected chi connectivity index (χ4v) is 3.46. The largest absolute Gasteiger partial charge is 0.325 e. The molecule has 3 amide bonds. The van der Waals surface area contributed by atoms with E-state index in [-0.39, 0.29) is 23.8 Å². The molecular weight excluding hydrogens is 236 g/mol. The number of urea groups is 1. The maximum absolute atomic E-state index is 12.5. The molecule has 0 radical (unpaired) electrons. The van der Waals surface area contributed by atoms with Crippen molar-refractivity contribution in [2.75, 3.05) is 12.3 Å². The number of thiol groups is 1. The van der Waals surface area contributed by atoms with Gasteiger partial charge in [0.25, 0.3) is 5.91 Å². The molecule has 17 heavy (non-hydrogen) atoms. The van der Waals surface area contributed by atoms with Gasteiger partial charge in [0.2, 0.25) is 0 Å². The summed E-state index contributed by atoms with van der Waals surface area (Å²) in [7, 11) is 0. The number of carbonyl (C=O) groups excluding carboxylic acids is 2. The zero-order valence-corrected chi connectivity index (χ0v) is 11.3. The van der Waals surface area contributed by atoms with Gasteiger partial charge in [-0.25, -0.2) is 4.79 Å². The molecule has 1 saturated heterocycles. The third kappa shape index (κ3) is 1.75. The average Bonchev–Trinajstić information content (AvgIpc) is 2.53. The van der Waals surface area contributed by atoms with Crippen molar-refractivity contribution in [1.82, 2.24) is 10.2 Å². The Bertz CT molecular complexity index is 335. The Hall–Kier alpha value is -0.710. The molecule has 0 bridgehead atoms. The first-order valence-corrected chi connectivity index (χ1v) is 6.92. The standard InChI is InChI=1S/C12H20N2O2S/c1-8-4-3-5-9(2)12(8)10(15)14(6-7-17)11(16)13-12/h8-9,17H,3-7H2,1-2H3,(H,13,16). The van der Waals surface area contributed by atoms with Crippen LogP contribution in [0.4, 0.5) is 4.79 Å². The molecule has 1 heterocycles. The van der Waals surface area contributed by atoms with Crippen LogP contribution in [0.1, 0.15) is 33.1 Å². The molecule has 1 saturated carbocycles. The van der Waals surface area contributed by atoms with Crippen molar-refractivity contribution >= 4 is 24.6 Å². The van der Waals surface area contributed by atoms with E-state index in [1.54, 1.807) is 0 Å². The second-order valence-electron chi connectivity index (χ2n) is 5.21. The van der Waals surface area contributed by atoms with E-state index in [2.05, 4.69) is 31.8 Å². The van der Waals surface area contributed by atoms with E-state index in [4.69, 9.17) is 0 Å². The van der Waals surface area contributed by atoms with E-state index >= 15 is 0 Å². The first kappa shape index (κ1) is 12.7. The zero-order valence-electron chi connectivity index (χ0n) is 10.4. The Kier molecular flexibility index (Phi) is 3.39. The summed E-state index contributed by atoms with van der Waals surface area (Å²) in [5.41, 5.74) is -0.654. The van der Waals surface area contributed by atoms with E-state index in [9.17, 15) is 9.59 Å². The minimum absolute atomic E-state index is 0.0451. The molecule has 96 valence electrons. The first-order chi connectivity index (χ1) is 8.04. The Balaban J connectivity index is 2.31. The van der Waals surface area contributed by atoms with Crippen LogP contribution in [0.2, 0.25) is 0 Å². The first-order valence-electron chi connectivity index (χ1n) is 6.29. The van der Waals surface area contributed by atoms with Gasteiger partial charge in [-0.2, -0.15) is 12.6 Å². The number of carbonyl (C=O) groups is 2. The van der Waals surface area contributed by atoms with E-state index in [1.807, 2.05) is 0 Å². The molecule has 0 aromatic carbocycles. The average molecular weight is 256 g/mol. The molecule has 1 N–H and O–H groups in total. The minimum Gasteiger partial charge on any atom is -0.323 e. The van der Waals surface area contributed by atoms with Gasteiger partial charge < -0.3 is 5.32 Å². The van der Waals surface area contributed by atoms with Crippen LogP contribution >= 0.6 is 12.6 Å². The molecule has 1 spiro atoms. The summed E-state index contributed by atoms with van der Waals surface area (Å²) in [6.45, 7) is 4.53. The van der Waals surface area contributed by atoms with Gasteiger partial charge in [-0.1, -0.05) is 20.3 Å². The summed E-state index contributed by atoms with van der Waals surface area (Å²) in [4.78, 5) is 25.7. The highest BCUT2D eigenvalue weighted by molar-refractivity contribution is 7.80. The van der Waals surface area contributed by atoms with Crippen LogP contribution in [0.3, 0.4) is 0 Å². The van der Waals surface area contributed by atoms with Gasteiger partial charge in [0.1, 0.15) is 5.54 Å². The van der Waals surface area contributed by atoms with E-state index in [0.717, 1.165) is 19.3 Å². The van der Waals surface area contributed by atoms with Crippen LogP contribution in [0.25, 0.3) is 0 Å². The third-order valence-corrected chi connectivity index (χ3v) is 4.51. The van der Waals surface area contributed by atoms with Crippen LogP contribution < -0.4 is 5.32 Å². The maximum Gasteiger partial charge on any atom is 0.325 e. The smallest absolute Gasteiger partial charge is 0.323 e. The topological polar surface area (TPSA) is 49.4 Å². The number of hydrogen-bond acceptors (Lipinski definition) is 3. The van der Waals surface area contributed by atoms with Gasteiger partial charge in [-0.05, 0) is 24.7 Å². The van der Waals surface area contributed by atoms with Crippen molar-refractivity contribution in [3.05, 3.63) is 0 Å². The lowest BCUT2D eigenvalue weighted by Crippen LogP contribution is -2.58. The highest BCUT2D eigenvalue weighted by Gasteiger charge is 2.57. The second kappa shape index (κ2) is 4.52. The van der Waals surface area contributed by atoms with Crippen molar-refractivity contribution < 1.29 is 9.59 Å². The van der Waals surface area contributed by atoms with Crippen LogP contribution in [0.15, 0.2) is 0 Å². The van der Waals surface area contributed by atoms with Crippen LogP contribution in [-0.4, -0.2) is 34.7 Å². The summed E-state index contributed by atoms with van der Waals surface area (Å²) in [5, 5.41) is 2.96. The second-order valence-corrected chi connectivity index (χ2v) is 5.66. The van der Waals surface area contributed by atoms with Crippen molar-refractivity contribution in [2.24, 2.45) is 11.8 Å². The van der Waals surface area contributed by atoms with Crippen molar-refractivity contribution in [3.63, 3.8) is 0 Å². The van der Waals surface area contributed by atoms with Crippen LogP contribution in [0, 0.1) is 11.8 Å². The fraction of sp³-hybridized carbons (Fsp3) is 0.833. The normalized spacial score (nSPS) is 37.7. The lowest BCUT2D eigenvalue weighted by atomic mass is 9.67. The highest BCUT2D eigenvalue weighted by Crippen LogP contribution is 2.41. The van der Waals surface area contributed by atoms with Gasteiger partial charge in [0.15, 0.2) is 0 Å². The predicted octanol–water partition coefficient (Wildman–Crippen LogP) is 1.66.